The Morgan fingerprint density at radius 3 is 2.52 bits per heavy atom. The van der Waals surface area contributed by atoms with Gasteiger partial charge in [-0.2, -0.15) is 0 Å². The van der Waals surface area contributed by atoms with Gasteiger partial charge in [-0.05, 0) is 36.8 Å². The maximum absolute atomic E-state index is 12.4. The van der Waals surface area contributed by atoms with Gasteiger partial charge in [0.25, 0.3) is 11.5 Å². The van der Waals surface area contributed by atoms with Gasteiger partial charge in [-0.3, -0.25) is 14.6 Å². The van der Waals surface area contributed by atoms with E-state index in [-0.39, 0.29) is 11.6 Å². The fraction of sp³-hybridized carbons (Fsp3) is 0.105. The van der Waals surface area contributed by atoms with E-state index in [1.807, 2.05) is 30.3 Å². The Morgan fingerprint density at radius 1 is 1.12 bits per heavy atom. The lowest BCUT2D eigenvalue weighted by atomic mass is 10.1. The van der Waals surface area contributed by atoms with Crippen LogP contribution in [0.5, 0.6) is 0 Å². The highest BCUT2D eigenvalue weighted by Crippen LogP contribution is 2.16. The monoisotopic (exact) mass is 353 g/mol. The van der Waals surface area contributed by atoms with Gasteiger partial charge in [0.05, 0.1) is 16.8 Å². The fourth-order valence-corrected chi connectivity index (χ4v) is 2.54. The van der Waals surface area contributed by atoms with Crippen LogP contribution < -0.4 is 10.9 Å². The van der Waals surface area contributed by atoms with Crippen molar-refractivity contribution in [2.24, 2.45) is 0 Å². The third-order valence-corrected chi connectivity index (χ3v) is 4.00. The van der Waals surface area contributed by atoms with Gasteiger partial charge in [-0.25, -0.2) is 0 Å². The summed E-state index contributed by atoms with van der Waals surface area (Å²) in [6.07, 6.45) is 1.51. The van der Waals surface area contributed by atoms with Crippen LogP contribution in [0.4, 0.5) is 0 Å². The first-order chi connectivity index (χ1) is 12.0. The number of nitrogens with one attached hydrogen (secondary N) is 2. The molecule has 5 nitrogen and oxygen atoms in total. The molecule has 0 fully saturated rings. The standard InChI is InChI=1S/C19H16ClN3O2/c1-12(16-9-7-14(20)11-21-16)22-18(24)15-8-10-17(23-19(15)25)13-5-3-2-4-6-13/h2-12H,1H3,(H,22,24)(H,23,25)/t12-/m1/s1. The van der Waals surface area contributed by atoms with E-state index in [0.717, 1.165) is 5.56 Å². The van der Waals surface area contributed by atoms with Crippen LogP contribution in [-0.4, -0.2) is 15.9 Å². The zero-order valence-electron chi connectivity index (χ0n) is 13.5. The molecule has 2 heterocycles. The molecule has 3 aromatic rings. The first-order valence-corrected chi connectivity index (χ1v) is 8.13. The third kappa shape index (κ3) is 3.95. The Balaban J connectivity index is 1.78. The molecule has 0 bridgehead atoms. The largest absolute Gasteiger partial charge is 0.344 e. The smallest absolute Gasteiger partial charge is 0.261 e. The summed E-state index contributed by atoms with van der Waals surface area (Å²) in [7, 11) is 0. The van der Waals surface area contributed by atoms with E-state index in [2.05, 4.69) is 15.3 Å². The predicted octanol–water partition coefficient (Wildman–Crippen LogP) is 3.58. The van der Waals surface area contributed by atoms with Crippen LogP contribution in [0.15, 0.2) is 65.6 Å². The van der Waals surface area contributed by atoms with Gasteiger partial charge in [0.2, 0.25) is 0 Å². The van der Waals surface area contributed by atoms with Crippen molar-refractivity contribution >= 4 is 17.5 Å². The molecule has 0 aliphatic heterocycles. The summed E-state index contributed by atoms with van der Waals surface area (Å²) >= 11 is 5.81. The minimum absolute atomic E-state index is 0.0560. The SMILES string of the molecule is C[C@@H](NC(=O)c1ccc(-c2ccccc2)[nH]c1=O)c1ccc(Cl)cn1. The van der Waals surface area contributed by atoms with Crippen molar-refractivity contribution in [1.29, 1.82) is 0 Å². The number of benzene rings is 1. The summed E-state index contributed by atoms with van der Waals surface area (Å²) in [5.74, 6) is -0.454. The topological polar surface area (TPSA) is 74.8 Å². The molecule has 0 aliphatic carbocycles. The van der Waals surface area contributed by atoms with Gasteiger partial charge in [-0.1, -0.05) is 41.9 Å². The molecule has 3 rings (SSSR count). The average Bonchev–Trinajstić information content (AvgIpc) is 2.62. The molecule has 1 atom stereocenters. The number of pyridine rings is 2. The number of carbonyl (C=O) groups excluding carboxylic acids is 1. The van der Waals surface area contributed by atoms with Crippen molar-refractivity contribution in [2.75, 3.05) is 0 Å². The maximum atomic E-state index is 12.4. The van der Waals surface area contributed by atoms with Crippen molar-refractivity contribution in [3.63, 3.8) is 0 Å². The van der Waals surface area contributed by atoms with E-state index in [1.54, 1.807) is 25.1 Å². The summed E-state index contributed by atoms with van der Waals surface area (Å²) in [6, 6.07) is 15.8. The van der Waals surface area contributed by atoms with Gasteiger partial charge < -0.3 is 10.3 Å². The number of amides is 1. The van der Waals surface area contributed by atoms with Gasteiger partial charge in [0.15, 0.2) is 0 Å². The second kappa shape index (κ2) is 7.32. The van der Waals surface area contributed by atoms with E-state index < -0.39 is 11.5 Å². The Hall–Kier alpha value is -2.92. The molecule has 1 amide bonds. The van der Waals surface area contributed by atoms with Crippen LogP contribution in [0.1, 0.15) is 29.0 Å². The summed E-state index contributed by atoms with van der Waals surface area (Å²) < 4.78 is 0. The molecule has 0 saturated heterocycles. The second-order valence-electron chi connectivity index (χ2n) is 5.58. The predicted molar refractivity (Wildman–Crippen MR) is 97.6 cm³/mol. The Bertz CT molecular complexity index is 937. The molecule has 0 aliphatic rings. The van der Waals surface area contributed by atoms with Gasteiger partial charge in [-0.15, -0.1) is 0 Å². The van der Waals surface area contributed by atoms with Crippen molar-refractivity contribution in [3.05, 3.63) is 87.4 Å². The van der Waals surface area contributed by atoms with Crippen LogP contribution >= 0.6 is 11.6 Å². The van der Waals surface area contributed by atoms with Gasteiger partial charge in [0.1, 0.15) is 5.56 Å². The molecule has 0 spiro atoms. The van der Waals surface area contributed by atoms with E-state index in [9.17, 15) is 9.59 Å². The normalized spacial score (nSPS) is 11.8. The number of rotatable bonds is 4. The molecule has 1 aromatic carbocycles. The lowest BCUT2D eigenvalue weighted by molar-refractivity contribution is 0.0937. The number of nitrogens with zero attached hydrogens (tertiary/aromatic N) is 1. The van der Waals surface area contributed by atoms with E-state index >= 15 is 0 Å². The Morgan fingerprint density at radius 2 is 1.88 bits per heavy atom. The number of aromatic amines is 1. The maximum Gasteiger partial charge on any atom is 0.261 e. The molecule has 126 valence electrons. The number of carbonyl (C=O) groups is 1. The van der Waals surface area contributed by atoms with Crippen LogP contribution in [0.25, 0.3) is 11.3 Å². The highest BCUT2D eigenvalue weighted by atomic mass is 35.5. The zero-order chi connectivity index (χ0) is 17.8. The van der Waals surface area contributed by atoms with Gasteiger partial charge in [0, 0.05) is 11.9 Å². The fourth-order valence-electron chi connectivity index (χ4n) is 2.43. The third-order valence-electron chi connectivity index (χ3n) is 3.78. The molecule has 6 heteroatoms. The minimum atomic E-state index is -0.454. The summed E-state index contributed by atoms with van der Waals surface area (Å²) in [5, 5.41) is 3.29. The summed E-state index contributed by atoms with van der Waals surface area (Å²) in [6.45, 7) is 1.79. The molecule has 0 saturated carbocycles. The van der Waals surface area contributed by atoms with Crippen LogP contribution in [0.2, 0.25) is 5.02 Å². The van der Waals surface area contributed by atoms with Crippen LogP contribution in [-0.2, 0) is 0 Å². The first-order valence-electron chi connectivity index (χ1n) is 7.75. The number of hydrogen-bond donors (Lipinski definition) is 2. The second-order valence-corrected chi connectivity index (χ2v) is 6.01. The molecular weight excluding hydrogens is 338 g/mol. The first kappa shape index (κ1) is 16.9. The molecular formula is C19H16ClN3O2. The lowest BCUT2D eigenvalue weighted by Crippen LogP contribution is -2.32. The Labute approximate surface area is 149 Å². The number of halogens is 1. The van der Waals surface area contributed by atoms with Crippen molar-refractivity contribution in [1.82, 2.24) is 15.3 Å². The minimum Gasteiger partial charge on any atom is -0.344 e. The zero-order valence-corrected chi connectivity index (χ0v) is 14.2. The molecule has 0 radical (unpaired) electrons. The summed E-state index contributed by atoms with van der Waals surface area (Å²) in [4.78, 5) is 31.6. The Kier molecular flexibility index (Phi) is 4.95. The van der Waals surface area contributed by atoms with E-state index in [4.69, 9.17) is 11.6 Å². The molecule has 2 aromatic heterocycles. The highest BCUT2D eigenvalue weighted by molar-refractivity contribution is 6.30. The van der Waals surface area contributed by atoms with Crippen molar-refractivity contribution in [2.45, 2.75) is 13.0 Å². The quantitative estimate of drug-likeness (QED) is 0.752. The summed E-state index contributed by atoms with van der Waals surface area (Å²) in [5.41, 5.74) is 1.82. The number of H-pyrrole nitrogens is 1. The van der Waals surface area contributed by atoms with Crippen molar-refractivity contribution < 1.29 is 4.79 Å². The number of hydrogen-bond acceptors (Lipinski definition) is 3. The molecule has 2 N–H and O–H groups in total. The van der Waals surface area contributed by atoms with Gasteiger partial charge >= 0.3 is 0 Å². The van der Waals surface area contributed by atoms with Crippen molar-refractivity contribution in [3.8, 4) is 11.3 Å². The van der Waals surface area contributed by atoms with E-state index in [1.165, 1.54) is 12.3 Å². The van der Waals surface area contributed by atoms with Crippen LogP contribution in [0.3, 0.4) is 0 Å². The van der Waals surface area contributed by atoms with Crippen LogP contribution in [0, 0.1) is 0 Å². The van der Waals surface area contributed by atoms with E-state index in [0.29, 0.717) is 16.4 Å². The molecule has 0 unspecified atom stereocenters. The molecule has 25 heavy (non-hydrogen) atoms. The highest BCUT2D eigenvalue weighted by Gasteiger charge is 2.15. The average molecular weight is 354 g/mol. The lowest BCUT2D eigenvalue weighted by Gasteiger charge is -2.13. The number of aromatic nitrogens is 2.